The van der Waals surface area contributed by atoms with Crippen LogP contribution >= 0.6 is 12.2 Å². The van der Waals surface area contributed by atoms with Gasteiger partial charge in [0.15, 0.2) is 5.11 Å². The van der Waals surface area contributed by atoms with E-state index in [0.29, 0.717) is 17.1 Å². The lowest BCUT2D eigenvalue weighted by atomic mass is 10.1. The van der Waals surface area contributed by atoms with E-state index < -0.39 is 74.2 Å². The molecule has 0 spiro atoms. The standard InChI is InChI=1S/C27H33N11O10S/c1-17(39)36(46)14-31-22(42)12-25(45)38(48)16-32-23(43)13-24(44)37(47)15-30-20(40)8-9-21(41)33-27(49)35-34-26(18-6-2-4-10-28-18)19-7-3-5-11-29-19/h2-7,10-11,46-48H,8-9,12-16H2,1H3,(H,30,40)(H,31,42)(H,32,43)(H2,33,35,41,49). The van der Waals surface area contributed by atoms with E-state index in [9.17, 15) is 44.0 Å². The first-order valence-electron chi connectivity index (χ1n) is 14.0. The number of carbonyl (C=O) groups excluding carboxylic acids is 7. The summed E-state index contributed by atoms with van der Waals surface area (Å²) in [7, 11) is 0. The number of hydrazone groups is 1. The van der Waals surface area contributed by atoms with Crippen LogP contribution in [0.3, 0.4) is 0 Å². The van der Waals surface area contributed by atoms with E-state index >= 15 is 0 Å². The lowest BCUT2D eigenvalue weighted by Gasteiger charge is -2.18. The molecule has 49 heavy (non-hydrogen) atoms. The number of hydrogen-bond donors (Lipinski definition) is 8. The Labute approximate surface area is 283 Å². The van der Waals surface area contributed by atoms with E-state index in [-0.39, 0.29) is 33.1 Å². The Balaban J connectivity index is 1.68. The van der Waals surface area contributed by atoms with E-state index in [2.05, 4.69) is 31.1 Å². The van der Waals surface area contributed by atoms with Gasteiger partial charge in [-0.25, -0.2) is 15.2 Å². The molecule has 0 radical (unpaired) electrons. The van der Waals surface area contributed by atoms with Crippen LogP contribution in [-0.4, -0.2) is 113 Å². The van der Waals surface area contributed by atoms with Crippen molar-refractivity contribution in [2.24, 2.45) is 5.10 Å². The molecule has 0 bridgehead atoms. The zero-order chi connectivity index (χ0) is 36.3. The minimum atomic E-state index is -1.17. The summed E-state index contributed by atoms with van der Waals surface area (Å²) < 4.78 is 0. The molecule has 7 amide bonds. The first-order valence-corrected chi connectivity index (χ1v) is 14.4. The fraction of sp³-hybridized carbons (Fsp3) is 0.296. The van der Waals surface area contributed by atoms with E-state index in [1.54, 1.807) is 48.8 Å². The van der Waals surface area contributed by atoms with Crippen LogP contribution in [0.5, 0.6) is 0 Å². The molecule has 0 aliphatic carbocycles. The van der Waals surface area contributed by atoms with Crippen molar-refractivity contribution in [1.82, 2.24) is 51.9 Å². The summed E-state index contributed by atoms with van der Waals surface area (Å²) in [4.78, 5) is 91.2. The molecule has 21 nitrogen and oxygen atoms in total. The Bertz CT molecular complexity index is 1500. The first kappa shape index (κ1) is 39.2. The molecule has 0 aromatic carbocycles. The highest BCUT2D eigenvalue weighted by Gasteiger charge is 2.20. The van der Waals surface area contributed by atoms with Gasteiger partial charge in [-0.1, -0.05) is 12.1 Å². The number of aromatic nitrogens is 2. The van der Waals surface area contributed by atoms with Gasteiger partial charge in [-0.3, -0.25) is 64.6 Å². The normalized spacial score (nSPS) is 10.0. The first-order chi connectivity index (χ1) is 23.3. The zero-order valence-electron chi connectivity index (χ0n) is 25.9. The summed E-state index contributed by atoms with van der Waals surface area (Å²) in [6, 6.07) is 10.4. The molecule has 0 unspecified atom stereocenters. The van der Waals surface area contributed by atoms with E-state index in [1.807, 2.05) is 10.6 Å². The van der Waals surface area contributed by atoms with Crippen molar-refractivity contribution in [1.29, 1.82) is 0 Å². The number of hydrogen-bond acceptors (Lipinski definition) is 14. The van der Waals surface area contributed by atoms with Gasteiger partial charge in [0.25, 0.3) is 11.8 Å². The lowest BCUT2D eigenvalue weighted by molar-refractivity contribution is -0.171. The van der Waals surface area contributed by atoms with Crippen LogP contribution in [0.25, 0.3) is 0 Å². The molecule has 262 valence electrons. The highest BCUT2D eigenvalue weighted by molar-refractivity contribution is 7.80. The molecule has 22 heteroatoms. The zero-order valence-corrected chi connectivity index (χ0v) is 26.7. The summed E-state index contributed by atoms with van der Waals surface area (Å²) in [6.07, 6.45) is 0.595. The maximum atomic E-state index is 12.3. The van der Waals surface area contributed by atoms with E-state index in [0.717, 1.165) is 6.92 Å². The molecule has 2 aromatic rings. The molecule has 0 aliphatic rings. The largest absolute Gasteiger partial charge is 0.336 e. The summed E-state index contributed by atoms with van der Waals surface area (Å²) in [5, 5.41) is 41.5. The minimum Gasteiger partial charge on any atom is -0.336 e. The Kier molecular flexibility index (Phi) is 16.2. The van der Waals surface area contributed by atoms with Crippen molar-refractivity contribution in [3.8, 4) is 0 Å². The molecule has 0 saturated carbocycles. The van der Waals surface area contributed by atoms with Crippen LogP contribution in [0.1, 0.15) is 44.0 Å². The Morgan fingerprint density at radius 3 is 1.59 bits per heavy atom. The third kappa shape index (κ3) is 15.0. The summed E-state index contributed by atoms with van der Waals surface area (Å²) in [5.74, 6) is -6.48. The van der Waals surface area contributed by atoms with Crippen molar-refractivity contribution >= 4 is 64.4 Å². The number of rotatable bonds is 16. The fourth-order valence-electron chi connectivity index (χ4n) is 3.25. The van der Waals surface area contributed by atoms with Gasteiger partial charge in [0.05, 0.1) is 11.4 Å². The number of nitrogens with zero attached hydrogens (tertiary/aromatic N) is 6. The molecule has 0 fully saturated rings. The third-order valence-corrected chi connectivity index (χ3v) is 5.95. The van der Waals surface area contributed by atoms with Gasteiger partial charge < -0.3 is 21.3 Å². The van der Waals surface area contributed by atoms with Crippen molar-refractivity contribution in [2.45, 2.75) is 32.6 Å². The Hall–Kier alpha value is -5.97. The average molecular weight is 704 g/mol. The summed E-state index contributed by atoms with van der Waals surface area (Å²) in [6.45, 7) is -1.15. The van der Waals surface area contributed by atoms with Crippen LogP contribution in [0, 0.1) is 0 Å². The van der Waals surface area contributed by atoms with Crippen molar-refractivity contribution in [3.05, 3.63) is 60.2 Å². The number of nitrogens with one attached hydrogen (secondary N) is 5. The van der Waals surface area contributed by atoms with Gasteiger partial charge >= 0.3 is 0 Å². The number of thiocarbonyl (C=S) groups is 1. The van der Waals surface area contributed by atoms with Gasteiger partial charge in [-0.05, 0) is 36.5 Å². The van der Waals surface area contributed by atoms with Crippen molar-refractivity contribution in [3.63, 3.8) is 0 Å². The van der Waals surface area contributed by atoms with Gasteiger partial charge in [-0.15, -0.1) is 0 Å². The van der Waals surface area contributed by atoms with Crippen LogP contribution in [0.4, 0.5) is 0 Å². The molecule has 2 rings (SSSR count). The average Bonchev–Trinajstić information content (AvgIpc) is 3.08. The predicted molar refractivity (Wildman–Crippen MR) is 167 cm³/mol. The number of pyridine rings is 2. The third-order valence-electron chi connectivity index (χ3n) is 5.76. The molecule has 2 aromatic heterocycles. The second-order valence-electron chi connectivity index (χ2n) is 9.51. The number of hydroxylamine groups is 6. The minimum absolute atomic E-state index is 0.0209. The van der Waals surface area contributed by atoms with E-state index in [4.69, 9.17) is 17.4 Å². The van der Waals surface area contributed by atoms with E-state index in [1.165, 1.54) is 0 Å². The van der Waals surface area contributed by atoms with Crippen LogP contribution in [0.15, 0.2) is 53.9 Å². The van der Waals surface area contributed by atoms with Crippen molar-refractivity contribution in [2.75, 3.05) is 20.0 Å². The smallest absolute Gasteiger partial charge is 0.257 e. The van der Waals surface area contributed by atoms with Crippen LogP contribution < -0.4 is 26.7 Å². The van der Waals surface area contributed by atoms with Gasteiger partial charge in [0.2, 0.25) is 29.5 Å². The molecule has 0 aliphatic heterocycles. The maximum Gasteiger partial charge on any atom is 0.257 e. The lowest BCUT2D eigenvalue weighted by Crippen LogP contribution is -2.44. The van der Waals surface area contributed by atoms with Gasteiger partial charge in [0, 0.05) is 32.2 Å². The Morgan fingerprint density at radius 1 is 0.694 bits per heavy atom. The maximum absolute atomic E-state index is 12.3. The van der Waals surface area contributed by atoms with Crippen LogP contribution in [0.2, 0.25) is 0 Å². The molecule has 0 atom stereocenters. The highest BCUT2D eigenvalue weighted by Crippen LogP contribution is 2.05. The van der Waals surface area contributed by atoms with Gasteiger partial charge in [0.1, 0.15) is 38.6 Å². The van der Waals surface area contributed by atoms with Gasteiger partial charge in [-0.2, -0.15) is 5.10 Å². The Morgan fingerprint density at radius 2 is 1.14 bits per heavy atom. The number of carbonyl (C=O) groups is 7. The summed E-state index contributed by atoms with van der Waals surface area (Å²) >= 11 is 5.09. The second kappa shape index (κ2) is 20.3. The molecule has 8 N–H and O–H groups in total. The molecular formula is C27H33N11O10S. The molecular weight excluding hydrogens is 670 g/mol. The predicted octanol–water partition coefficient (Wildman–Crippen LogP) is -2.33. The van der Waals surface area contributed by atoms with Crippen LogP contribution in [-0.2, 0) is 33.6 Å². The molecule has 2 heterocycles. The summed E-state index contributed by atoms with van der Waals surface area (Å²) in [5.41, 5.74) is 3.87. The fourth-order valence-corrected chi connectivity index (χ4v) is 3.41. The second-order valence-corrected chi connectivity index (χ2v) is 9.92. The number of amides is 7. The SMILES string of the molecule is CC(=O)N(O)CNC(=O)CC(=O)N(O)CNC(=O)CC(=O)N(O)CNC(=O)CCC(=O)NC(=S)NN=C(c1ccccn1)c1ccccn1. The quantitative estimate of drug-likeness (QED) is 0.0227. The molecule has 0 saturated heterocycles. The van der Waals surface area contributed by atoms with Crippen molar-refractivity contribution < 1.29 is 49.2 Å². The topological polar surface area (TPSA) is 288 Å². The highest BCUT2D eigenvalue weighted by atomic mass is 32.1. The monoisotopic (exact) mass is 703 g/mol.